The summed E-state index contributed by atoms with van der Waals surface area (Å²) in [6, 6.07) is -0.515. The molecule has 0 spiro atoms. The van der Waals surface area contributed by atoms with Crippen molar-refractivity contribution in [3.8, 4) is 0 Å². The van der Waals surface area contributed by atoms with Gasteiger partial charge in [0, 0.05) is 14.0 Å². The monoisotopic (exact) mass is 251 g/mol. The van der Waals surface area contributed by atoms with Gasteiger partial charge in [-0.15, -0.1) is 0 Å². The number of hydrogen-bond donors (Lipinski definition) is 1. The highest BCUT2D eigenvalue weighted by Gasteiger charge is 2.43. The van der Waals surface area contributed by atoms with Crippen molar-refractivity contribution in [2.45, 2.75) is 59.1 Å². The molecule has 0 aliphatic rings. The number of carbonyl (C=O) groups excluding carboxylic acids is 1. The predicted molar refractivity (Wildman–Crippen MR) is 63.1 cm³/mol. The Bertz CT molecular complexity index is 277. The van der Waals surface area contributed by atoms with Crippen LogP contribution in [-0.2, 0) is 9.53 Å². The summed E-state index contributed by atoms with van der Waals surface area (Å²) in [6.45, 7) is 9.71. The third-order valence-electron chi connectivity index (χ3n) is 2.76. The van der Waals surface area contributed by atoms with Crippen LogP contribution in [0.25, 0.3) is 0 Å². The zero-order valence-electron chi connectivity index (χ0n) is 11.6. The molecule has 5 heteroatoms. The van der Waals surface area contributed by atoms with Gasteiger partial charge in [-0.3, -0.25) is 4.79 Å². The van der Waals surface area contributed by atoms with Crippen LogP contribution in [-0.4, -0.2) is 30.6 Å². The molecule has 0 aromatic rings. The first kappa shape index (κ1) is 16.3. The van der Waals surface area contributed by atoms with Crippen molar-refractivity contribution in [2.75, 3.05) is 7.11 Å². The van der Waals surface area contributed by atoms with Gasteiger partial charge in [0.15, 0.2) is 0 Å². The first-order valence-corrected chi connectivity index (χ1v) is 5.56. The van der Waals surface area contributed by atoms with Crippen molar-refractivity contribution >= 4 is 5.91 Å². The summed E-state index contributed by atoms with van der Waals surface area (Å²) >= 11 is 0. The summed E-state index contributed by atoms with van der Waals surface area (Å²) in [6.07, 6.45) is 0. The smallest absolute Gasteiger partial charge is 0.321 e. The fourth-order valence-electron chi connectivity index (χ4n) is 1.81. The molecule has 0 aliphatic heterocycles. The quantitative estimate of drug-likeness (QED) is 0.834. The SMILES string of the molecule is COC(C)(C)C(NC(=O)C(C)(F)F)C(C)(C)C. The molecule has 1 amide bonds. The maximum absolute atomic E-state index is 12.9. The molecule has 3 nitrogen and oxygen atoms in total. The van der Waals surface area contributed by atoms with Crippen molar-refractivity contribution in [1.29, 1.82) is 0 Å². The maximum Gasteiger partial charge on any atom is 0.321 e. The molecule has 102 valence electrons. The summed E-state index contributed by atoms with van der Waals surface area (Å²) in [7, 11) is 1.50. The van der Waals surface area contributed by atoms with E-state index in [1.165, 1.54) is 7.11 Å². The molecule has 0 aliphatic carbocycles. The standard InChI is InChI=1S/C12H23F2NO2/c1-10(2,3)8(11(4,5)17-7)15-9(16)12(6,13)14/h8H,1-7H3,(H,15,16). The van der Waals surface area contributed by atoms with Gasteiger partial charge < -0.3 is 10.1 Å². The molecule has 1 N–H and O–H groups in total. The third-order valence-corrected chi connectivity index (χ3v) is 2.76. The fourth-order valence-corrected chi connectivity index (χ4v) is 1.81. The number of halogens is 2. The highest BCUT2D eigenvalue weighted by atomic mass is 19.3. The Morgan fingerprint density at radius 3 is 1.76 bits per heavy atom. The first-order chi connectivity index (χ1) is 7.32. The molecular weight excluding hydrogens is 228 g/mol. The van der Waals surface area contributed by atoms with Crippen LogP contribution >= 0.6 is 0 Å². The molecule has 0 aromatic heterocycles. The van der Waals surface area contributed by atoms with Crippen molar-refractivity contribution in [1.82, 2.24) is 5.32 Å². The van der Waals surface area contributed by atoms with Gasteiger partial charge in [-0.2, -0.15) is 8.78 Å². The highest BCUT2D eigenvalue weighted by molar-refractivity contribution is 5.83. The van der Waals surface area contributed by atoms with Gasteiger partial charge in [0.05, 0.1) is 11.6 Å². The van der Waals surface area contributed by atoms with E-state index >= 15 is 0 Å². The minimum atomic E-state index is -3.38. The second-order valence-corrected chi connectivity index (χ2v) is 5.97. The van der Waals surface area contributed by atoms with E-state index in [4.69, 9.17) is 4.74 Å². The van der Waals surface area contributed by atoms with E-state index in [9.17, 15) is 13.6 Å². The zero-order valence-corrected chi connectivity index (χ0v) is 11.6. The lowest BCUT2D eigenvalue weighted by molar-refractivity contribution is -0.148. The number of amides is 1. The Kier molecular flexibility index (Phi) is 4.68. The van der Waals surface area contributed by atoms with Crippen molar-refractivity contribution in [3.63, 3.8) is 0 Å². The van der Waals surface area contributed by atoms with Crippen molar-refractivity contribution < 1.29 is 18.3 Å². The van der Waals surface area contributed by atoms with Crippen LogP contribution in [0, 0.1) is 5.41 Å². The molecule has 1 unspecified atom stereocenters. The van der Waals surface area contributed by atoms with Crippen LogP contribution < -0.4 is 5.32 Å². The van der Waals surface area contributed by atoms with E-state index in [0.717, 1.165) is 0 Å². The van der Waals surface area contributed by atoms with Gasteiger partial charge in [-0.25, -0.2) is 0 Å². The molecule has 0 radical (unpaired) electrons. The number of nitrogens with one attached hydrogen (secondary N) is 1. The van der Waals surface area contributed by atoms with Gasteiger partial charge in [0.1, 0.15) is 0 Å². The molecule has 0 bridgehead atoms. The average Bonchev–Trinajstić information content (AvgIpc) is 2.09. The van der Waals surface area contributed by atoms with Crippen LogP contribution in [0.4, 0.5) is 8.78 Å². The molecule has 0 aromatic carbocycles. The van der Waals surface area contributed by atoms with Gasteiger partial charge in [0.25, 0.3) is 5.91 Å². The van der Waals surface area contributed by atoms with E-state index < -0.39 is 23.5 Å². The Morgan fingerprint density at radius 2 is 1.53 bits per heavy atom. The fraction of sp³-hybridized carbons (Fsp3) is 0.917. The van der Waals surface area contributed by atoms with Crippen LogP contribution in [0.5, 0.6) is 0 Å². The minimum absolute atomic E-state index is 0.388. The topological polar surface area (TPSA) is 38.3 Å². The number of ether oxygens (including phenoxy) is 1. The zero-order chi connectivity index (χ0) is 14.1. The molecule has 0 heterocycles. The lowest BCUT2D eigenvalue weighted by Crippen LogP contribution is -2.59. The van der Waals surface area contributed by atoms with E-state index in [2.05, 4.69) is 5.32 Å². The van der Waals surface area contributed by atoms with Gasteiger partial charge in [-0.1, -0.05) is 20.8 Å². The minimum Gasteiger partial charge on any atom is -0.377 e. The van der Waals surface area contributed by atoms with Crippen LogP contribution in [0.15, 0.2) is 0 Å². The average molecular weight is 251 g/mol. The third kappa shape index (κ3) is 4.58. The molecule has 0 rings (SSSR count). The lowest BCUT2D eigenvalue weighted by Gasteiger charge is -2.42. The van der Waals surface area contributed by atoms with Crippen LogP contribution in [0.2, 0.25) is 0 Å². The maximum atomic E-state index is 12.9. The number of hydrogen-bond acceptors (Lipinski definition) is 2. The second-order valence-electron chi connectivity index (χ2n) is 5.97. The summed E-state index contributed by atoms with van der Waals surface area (Å²) in [4.78, 5) is 11.4. The summed E-state index contributed by atoms with van der Waals surface area (Å²) in [5.74, 6) is -4.66. The Morgan fingerprint density at radius 1 is 1.12 bits per heavy atom. The number of alkyl halides is 2. The lowest BCUT2D eigenvalue weighted by atomic mass is 9.77. The number of methoxy groups -OCH3 is 1. The Labute approximate surface area is 102 Å². The molecule has 0 saturated carbocycles. The van der Waals surface area contributed by atoms with E-state index in [-0.39, 0.29) is 5.41 Å². The second kappa shape index (κ2) is 4.88. The molecule has 0 saturated heterocycles. The highest BCUT2D eigenvalue weighted by Crippen LogP contribution is 2.30. The molecular formula is C12H23F2NO2. The van der Waals surface area contributed by atoms with Gasteiger partial charge >= 0.3 is 5.92 Å². The van der Waals surface area contributed by atoms with E-state index in [0.29, 0.717) is 6.92 Å². The van der Waals surface area contributed by atoms with E-state index in [1.807, 2.05) is 20.8 Å². The Balaban J connectivity index is 5.07. The number of rotatable bonds is 4. The normalized spacial score (nSPS) is 15.6. The van der Waals surface area contributed by atoms with E-state index in [1.54, 1.807) is 13.8 Å². The van der Waals surface area contributed by atoms with Crippen molar-refractivity contribution in [3.05, 3.63) is 0 Å². The first-order valence-electron chi connectivity index (χ1n) is 5.56. The predicted octanol–water partition coefficient (Wildman–Crippen LogP) is 2.60. The Hall–Kier alpha value is -0.710. The summed E-state index contributed by atoms with van der Waals surface area (Å²) in [5.41, 5.74) is -1.11. The summed E-state index contributed by atoms with van der Waals surface area (Å²) < 4.78 is 31.1. The molecule has 17 heavy (non-hydrogen) atoms. The molecule has 0 fully saturated rings. The number of carbonyl (C=O) groups is 1. The van der Waals surface area contributed by atoms with Gasteiger partial charge in [0.2, 0.25) is 0 Å². The van der Waals surface area contributed by atoms with Crippen LogP contribution in [0.3, 0.4) is 0 Å². The van der Waals surface area contributed by atoms with Gasteiger partial charge in [-0.05, 0) is 19.3 Å². The van der Waals surface area contributed by atoms with Crippen LogP contribution in [0.1, 0.15) is 41.5 Å². The summed E-state index contributed by atoms with van der Waals surface area (Å²) in [5, 5.41) is 2.37. The molecule has 1 atom stereocenters. The van der Waals surface area contributed by atoms with Crippen molar-refractivity contribution in [2.24, 2.45) is 5.41 Å². The largest absolute Gasteiger partial charge is 0.377 e.